The van der Waals surface area contributed by atoms with Crippen LogP contribution >= 0.6 is 11.3 Å². The zero-order valence-corrected chi connectivity index (χ0v) is 42.5. The molecule has 3 fully saturated rings. The lowest BCUT2D eigenvalue weighted by Crippen LogP contribution is -2.54. The number of aromatic nitrogens is 5. The van der Waals surface area contributed by atoms with E-state index in [-0.39, 0.29) is 35.7 Å². The lowest BCUT2D eigenvalue weighted by Gasteiger charge is -2.40. The lowest BCUT2D eigenvalue weighted by atomic mass is 9.82. The number of nitrogens with zero attached hydrogens (tertiary/aromatic N) is 5. The molecule has 6 atom stereocenters. The highest BCUT2D eigenvalue weighted by Gasteiger charge is 2.43. The van der Waals surface area contributed by atoms with Crippen molar-refractivity contribution in [2.75, 3.05) is 33.9 Å². The van der Waals surface area contributed by atoms with Gasteiger partial charge in [0.05, 0.1) is 77.3 Å². The Balaban J connectivity index is 0.946. The number of nitrogens with one attached hydrogen (secondary N) is 4. The highest BCUT2D eigenvalue weighted by atomic mass is 32.1. The fourth-order valence-corrected chi connectivity index (χ4v) is 12.1. The number of carbonyl (C=O) groups is 4. The third-order valence-corrected chi connectivity index (χ3v) is 16.0. The summed E-state index contributed by atoms with van der Waals surface area (Å²) in [6.45, 7) is 11.4. The van der Waals surface area contributed by atoms with Crippen molar-refractivity contribution in [1.29, 1.82) is 0 Å². The van der Waals surface area contributed by atoms with Gasteiger partial charge >= 0.3 is 12.2 Å². The maximum atomic E-state index is 17.0. The van der Waals surface area contributed by atoms with E-state index in [1.807, 2.05) is 52.0 Å². The Kier molecular flexibility index (Phi) is 13.4. The predicted molar refractivity (Wildman–Crippen MR) is 269 cm³/mol. The summed E-state index contributed by atoms with van der Waals surface area (Å²) >= 11 is 1.66. The van der Waals surface area contributed by atoms with Crippen LogP contribution in [0.5, 0.6) is 5.75 Å². The summed E-state index contributed by atoms with van der Waals surface area (Å²) in [4.78, 5) is 75.2. The van der Waals surface area contributed by atoms with Gasteiger partial charge in [-0.1, -0.05) is 26.8 Å². The van der Waals surface area contributed by atoms with Crippen molar-refractivity contribution in [3.8, 4) is 39.5 Å². The molecule has 4 N–H and O–H groups in total. The molecule has 4 amide bonds. The molecule has 3 saturated heterocycles. The van der Waals surface area contributed by atoms with Crippen molar-refractivity contribution in [2.24, 2.45) is 11.8 Å². The summed E-state index contributed by atoms with van der Waals surface area (Å²) in [7, 11) is 2.57. The Morgan fingerprint density at radius 1 is 0.861 bits per heavy atom. The van der Waals surface area contributed by atoms with Crippen molar-refractivity contribution in [2.45, 2.75) is 116 Å². The molecule has 72 heavy (non-hydrogen) atoms. The van der Waals surface area contributed by atoms with E-state index in [0.717, 1.165) is 52.7 Å². The number of aryl methyl sites for hydroxylation is 1. The minimum absolute atomic E-state index is 0.152. The van der Waals surface area contributed by atoms with Crippen LogP contribution < -0.4 is 15.4 Å². The maximum Gasteiger partial charge on any atom is 0.407 e. The van der Waals surface area contributed by atoms with Gasteiger partial charge in [0, 0.05) is 41.1 Å². The second kappa shape index (κ2) is 19.7. The summed E-state index contributed by atoms with van der Waals surface area (Å²) in [6, 6.07) is 13.4. The van der Waals surface area contributed by atoms with Crippen LogP contribution in [-0.4, -0.2) is 110 Å². The van der Waals surface area contributed by atoms with Gasteiger partial charge < -0.3 is 49.3 Å². The number of H-pyrrole nitrogens is 2. The molecule has 4 aliphatic heterocycles. The van der Waals surface area contributed by atoms with E-state index in [2.05, 4.69) is 50.3 Å². The molecule has 4 aliphatic rings. The average molecular weight is 1000 g/mol. The predicted octanol–water partition coefficient (Wildman–Crippen LogP) is 9.43. The first-order valence-electron chi connectivity index (χ1n) is 24.9. The Morgan fingerprint density at radius 3 is 2.17 bits per heavy atom. The molecule has 6 aromatic rings. The molecule has 8 heterocycles. The molecule has 0 spiro atoms. The molecular formula is C53H62FN9O8S. The first kappa shape index (κ1) is 48.9. The first-order chi connectivity index (χ1) is 34.6. The summed E-state index contributed by atoms with van der Waals surface area (Å²) in [5, 5.41) is 6.42. The van der Waals surface area contributed by atoms with Gasteiger partial charge in [-0.25, -0.2) is 23.9 Å². The van der Waals surface area contributed by atoms with Crippen molar-refractivity contribution >= 4 is 46.2 Å². The topological polar surface area (TPSA) is 198 Å². The van der Waals surface area contributed by atoms with Crippen molar-refractivity contribution in [3.63, 3.8) is 0 Å². The number of halogens is 1. The molecule has 3 unspecified atom stereocenters. The van der Waals surface area contributed by atoms with E-state index in [1.54, 1.807) is 33.5 Å². The standard InChI is InChI=1S/C53H62FN9O8S/c1-8-33-14-16-42(72-33)50-63-37-15-13-29(35-26-55-46(57-35)38-11-9-18-61(38)48(64)44(28(2)3)59-51(66)68-6)21-32(37)23-40(63)43-34(54)22-31(24-41(43)71-50)36-27-56-47(58-36)39-12-10-19-62(39)49(65)45(60-52(67)69-7)30-17-20-70-53(4,5)25-30/h13-16,21-24,26-28,30,38-39,44-45,50H,8-12,17-20,25H2,1-7H3,(H,55,57)(H,56,58)(H,59,66)(H,60,67)/t30?,38-,39-,44-,45?,50?/m0/s1. The van der Waals surface area contributed by atoms with E-state index >= 15 is 4.39 Å². The number of methoxy groups -OCH3 is 2. The third-order valence-electron chi connectivity index (χ3n) is 14.7. The Morgan fingerprint density at radius 2 is 1.53 bits per heavy atom. The molecule has 17 nitrogen and oxygen atoms in total. The quantitative estimate of drug-likeness (QED) is 0.0916. The van der Waals surface area contributed by atoms with Gasteiger partial charge in [0.15, 0.2) is 0 Å². The largest absolute Gasteiger partial charge is 0.464 e. The van der Waals surface area contributed by atoms with E-state index in [4.69, 9.17) is 28.9 Å². The summed E-state index contributed by atoms with van der Waals surface area (Å²) in [5.41, 5.74) is 4.17. The normalized spacial score (nSPS) is 21.2. The number of imidazole rings is 2. The number of ether oxygens (including phenoxy) is 4. The van der Waals surface area contributed by atoms with Gasteiger partial charge in [0.2, 0.25) is 18.0 Å². The van der Waals surface area contributed by atoms with Gasteiger partial charge in [-0.15, -0.1) is 11.3 Å². The maximum absolute atomic E-state index is 17.0. The summed E-state index contributed by atoms with van der Waals surface area (Å²) in [5.74, 6) is 0.467. The van der Waals surface area contributed by atoms with E-state index in [1.165, 1.54) is 25.2 Å². The number of alkyl carbamates (subject to hydrolysis) is 2. The molecule has 4 aromatic heterocycles. The van der Waals surface area contributed by atoms with Crippen LogP contribution in [0.3, 0.4) is 0 Å². The zero-order valence-electron chi connectivity index (χ0n) is 41.7. The second-order valence-corrected chi connectivity index (χ2v) is 21.4. The number of carbonyl (C=O) groups excluding carboxylic acids is 4. The number of rotatable bonds is 12. The number of aromatic amines is 2. The highest BCUT2D eigenvalue weighted by Crippen LogP contribution is 2.48. The number of amides is 4. The lowest BCUT2D eigenvalue weighted by molar-refractivity contribution is -0.139. The number of thiophene rings is 1. The summed E-state index contributed by atoms with van der Waals surface area (Å²) < 4.78 is 41.6. The number of fused-ring (bicyclic) bond motifs is 5. The van der Waals surface area contributed by atoms with Crippen LogP contribution in [0.2, 0.25) is 0 Å². The smallest absolute Gasteiger partial charge is 0.407 e. The fraction of sp³-hybridized carbons (Fsp3) is 0.472. The summed E-state index contributed by atoms with van der Waals surface area (Å²) in [6.07, 6.45) is 6.54. The molecule has 10 rings (SSSR count). The molecule has 0 radical (unpaired) electrons. The highest BCUT2D eigenvalue weighted by molar-refractivity contribution is 7.12. The van der Waals surface area contributed by atoms with Gasteiger partial charge in [-0.3, -0.25) is 14.2 Å². The Labute approximate surface area is 421 Å². The number of benzene rings is 2. The third kappa shape index (κ3) is 9.20. The molecule has 0 bridgehead atoms. The zero-order chi connectivity index (χ0) is 50.6. The fourth-order valence-electron chi connectivity index (χ4n) is 11.1. The van der Waals surface area contributed by atoms with Crippen molar-refractivity contribution < 1.29 is 42.5 Å². The molecule has 0 aliphatic carbocycles. The first-order valence-corrected chi connectivity index (χ1v) is 25.8. The molecule has 380 valence electrons. The molecule has 2 aromatic carbocycles. The minimum atomic E-state index is -0.803. The van der Waals surface area contributed by atoms with Gasteiger partial charge in [0.25, 0.3) is 0 Å². The van der Waals surface area contributed by atoms with Gasteiger partial charge in [0.1, 0.15) is 35.3 Å². The van der Waals surface area contributed by atoms with Gasteiger partial charge in [-0.2, -0.15) is 0 Å². The van der Waals surface area contributed by atoms with Crippen LogP contribution in [0, 0.1) is 17.7 Å². The Hall–Kier alpha value is -6.73. The average Bonchev–Trinajstić information content (AvgIpc) is 4.23. The van der Waals surface area contributed by atoms with Crippen molar-refractivity contribution in [3.05, 3.63) is 88.1 Å². The monoisotopic (exact) mass is 1000 g/mol. The number of hydrogen-bond acceptors (Lipinski definition) is 11. The number of likely N-dealkylation sites (tertiary alicyclic amines) is 2. The van der Waals surface area contributed by atoms with Crippen molar-refractivity contribution in [1.82, 2.24) is 44.9 Å². The minimum Gasteiger partial charge on any atom is -0.464 e. The van der Waals surface area contributed by atoms with Crippen LogP contribution in [0.4, 0.5) is 14.0 Å². The number of hydrogen-bond donors (Lipinski definition) is 4. The molecular weight excluding hydrogens is 942 g/mol. The van der Waals surface area contributed by atoms with Crippen LogP contribution in [0.25, 0.3) is 44.7 Å². The van der Waals surface area contributed by atoms with E-state index in [9.17, 15) is 19.2 Å². The molecule has 19 heteroatoms. The SMILES string of the molecule is CCc1ccc(C2Oc3cc(-c4cnc([C@@H]5CCCN5C(=O)C(NC(=O)OC)C5CCOC(C)(C)C5)[nH]4)cc(F)c3-c3cc4cc(-c5cnc([C@@H]6CCCN6C(=O)[C@@H](NC(=O)OC)C(C)C)[nH]5)ccc4n32)s1. The van der Waals surface area contributed by atoms with E-state index in [0.29, 0.717) is 78.9 Å². The van der Waals surface area contributed by atoms with Gasteiger partial charge in [-0.05, 0) is 113 Å². The van der Waals surface area contributed by atoms with E-state index < -0.39 is 41.9 Å². The van der Waals surface area contributed by atoms with Crippen LogP contribution in [0.15, 0.2) is 60.9 Å². The molecule has 0 saturated carbocycles. The Bertz CT molecular complexity index is 3030. The second-order valence-electron chi connectivity index (χ2n) is 20.2. The van der Waals surface area contributed by atoms with Crippen LogP contribution in [-0.2, 0) is 30.2 Å². The van der Waals surface area contributed by atoms with Crippen LogP contribution in [0.1, 0.15) is 113 Å².